The molecule has 2 bridgehead atoms. The minimum atomic E-state index is -0.0320. The molecule has 2 aromatic rings. The van der Waals surface area contributed by atoms with Gasteiger partial charge in [-0.2, -0.15) is 0 Å². The lowest BCUT2D eigenvalue weighted by Crippen LogP contribution is -2.47. The molecule has 4 aliphatic rings. The second-order valence-electron chi connectivity index (χ2n) is 7.62. The summed E-state index contributed by atoms with van der Waals surface area (Å²) in [6, 6.07) is 19.4. The van der Waals surface area contributed by atoms with Gasteiger partial charge in [0.15, 0.2) is 0 Å². The number of aldehydes is 1. The van der Waals surface area contributed by atoms with E-state index >= 15 is 0 Å². The smallest absolute Gasteiger partial charge is 0.146 e. The molecule has 0 aromatic heterocycles. The van der Waals surface area contributed by atoms with Gasteiger partial charge in [0.1, 0.15) is 6.29 Å². The quantitative estimate of drug-likeness (QED) is 0.783. The van der Waals surface area contributed by atoms with Gasteiger partial charge in [-0.25, -0.2) is 0 Å². The summed E-state index contributed by atoms with van der Waals surface area (Å²) in [6.07, 6.45) is 3.36. The molecule has 0 radical (unpaired) electrons. The zero-order valence-corrected chi connectivity index (χ0v) is 13.9. The molecule has 2 aromatic carbocycles. The molecule has 2 unspecified atom stereocenters. The van der Waals surface area contributed by atoms with Crippen molar-refractivity contribution >= 4 is 12.0 Å². The van der Waals surface area contributed by atoms with Gasteiger partial charge in [0, 0.05) is 30.1 Å². The summed E-state index contributed by atoms with van der Waals surface area (Å²) in [5, 5.41) is 0. The van der Waals surface area contributed by atoms with Gasteiger partial charge in [-0.15, -0.1) is 0 Å². The molecule has 0 saturated carbocycles. The van der Waals surface area contributed by atoms with E-state index in [1.807, 2.05) is 0 Å². The molecular weight excluding hydrogens is 294 g/mol. The molecule has 24 heavy (non-hydrogen) atoms. The van der Waals surface area contributed by atoms with Crippen LogP contribution in [0.15, 0.2) is 66.2 Å². The molecule has 0 spiro atoms. The third-order valence-electron chi connectivity index (χ3n) is 6.52. The Balaban J connectivity index is 1.63. The zero-order valence-electron chi connectivity index (χ0n) is 13.9. The number of para-hydroxylation sites is 1. The average molecular weight is 315 g/mol. The Kier molecular flexibility index (Phi) is 2.82. The molecule has 6 rings (SSSR count). The number of anilines is 1. The summed E-state index contributed by atoms with van der Waals surface area (Å²) in [7, 11) is 0. The van der Waals surface area contributed by atoms with Crippen molar-refractivity contribution in [2.45, 2.75) is 18.3 Å². The predicted octanol–water partition coefficient (Wildman–Crippen LogP) is 3.93. The normalized spacial score (nSPS) is 33.0. The second kappa shape index (κ2) is 4.83. The van der Waals surface area contributed by atoms with Crippen molar-refractivity contribution in [2.24, 2.45) is 11.8 Å². The minimum Gasteiger partial charge on any atom is -0.371 e. The van der Waals surface area contributed by atoms with Crippen LogP contribution in [0.4, 0.5) is 5.69 Å². The fraction of sp³-hybridized carbons (Fsp3) is 0.318. The molecule has 2 nitrogen and oxygen atoms in total. The monoisotopic (exact) mass is 315 g/mol. The van der Waals surface area contributed by atoms with Gasteiger partial charge in [-0.3, -0.25) is 4.79 Å². The van der Waals surface area contributed by atoms with Crippen molar-refractivity contribution < 1.29 is 4.79 Å². The third kappa shape index (κ3) is 1.69. The second-order valence-corrected chi connectivity index (χ2v) is 7.62. The average Bonchev–Trinajstić information content (AvgIpc) is 3.09. The fourth-order valence-electron chi connectivity index (χ4n) is 5.49. The van der Waals surface area contributed by atoms with Crippen LogP contribution in [0.2, 0.25) is 0 Å². The molecule has 2 heteroatoms. The predicted molar refractivity (Wildman–Crippen MR) is 96.3 cm³/mol. The van der Waals surface area contributed by atoms with Crippen LogP contribution in [0.5, 0.6) is 0 Å². The van der Waals surface area contributed by atoms with E-state index in [-0.39, 0.29) is 11.3 Å². The Hall–Kier alpha value is -2.35. The topological polar surface area (TPSA) is 20.3 Å². The Labute approximate surface area is 142 Å². The lowest BCUT2D eigenvalue weighted by Gasteiger charge is -2.51. The van der Waals surface area contributed by atoms with Crippen LogP contribution in [-0.2, 0) is 10.2 Å². The van der Waals surface area contributed by atoms with Crippen LogP contribution in [0.25, 0.3) is 0 Å². The van der Waals surface area contributed by atoms with Gasteiger partial charge >= 0.3 is 0 Å². The van der Waals surface area contributed by atoms with E-state index in [1.54, 1.807) is 0 Å². The molecule has 3 aliphatic carbocycles. The van der Waals surface area contributed by atoms with E-state index in [1.165, 1.54) is 16.8 Å². The zero-order chi connectivity index (χ0) is 16.3. The summed E-state index contributed by atoms with van der Waals surface area (Å²) in [5.41, 5.74) is 5.06. The van der Waals surface area contributed by atoms with Gasteiger partial charge in [-0.05, 0) is 40.7 Å². The largest absolute Gasteiger partial charge is 0.371 e. The molecule has 0 N–H and O–H groups in total. The summed E-state index contributed by atoms with van der Waals surface area (Å²) in [5.74, 6) is 1.36. The highest BCUT2D eigenvalue weighted by Crippen LogP contribution is 2.59. The molecule has 1 saturated heterocycles. The van der Waals surface area contributed by atoms with Gasteiger partial charge in [0.05, 0.1) is 0 Å². The van der Waals surface area contributed by atoms with Crippen LogP contribution in [0.3, 0.4) is 0 Å². The van der Waals surface area contributed by atoms with Crippen molar-refractivity contribution in [1.29, 1.82) is 0 Å². The number of nitrogens with zero attached hydrogens (tertiary/aromatic N) is 1. The van der Waals surface area contributed by atoms with Gasteiger partial charge in [0.2, 0.25) is 0 Å². The number of benzene rings is 2. The minimum absolute atomic E-state index is 0.0320. The number of hydrogen-bond acceptors (Lipinski definition) is 2. The van der Waals surface area contributed by atoms with Crippen molar-refractivity contribution in [3.05, 3.63) is 77.4 Å². The van der Waals surface area contributed by atoms with Crippen molar-refractivity contribution in [3.8, 4) is 0 Å². The number of rotatable bonds is 2. The Morgan fingerprint density at radius 1 is 1.04 bits per heavy atom. The van der Waals surface area contributed by atoms with E-state index in [9.17, 15) is 4.79 Å². The van der Waals surface area contributed by atoms with Crippen molar-refractivity contribution in [2.75, 3.05) is 18.0 Å². The molecule has 1 fully saturated rings. The van der Waals surface area contributed by atoms with Crippen LogP contribution in [0, 0.1) is 11.8 Å². The van der Waals surface area contributed by atoms with Gasteiger partial charge < -0.3 is 4.90 Å². The Bertz CT molecular complexity index is 840. The van der Waals surface area contributed by atoms with E-state index in [0.29, 0.717) is 11.8 Å². The first-order valence-electron chi connectivity index (χ1n) is 8.80. The van der Waals surface area contributed by atoms with Crippen molar-refractivity contribution in [1.82, 2.24) is 0 Å². The third-order valence-corrected chi connectivity index (χ3v) is 6.52. The van der Waals surface area contributed by atoms with E-state index < -0.39 is 0 Å². The summed E-state index contributed by atoms with van der Waals surface area (Å²) in [4.78, 5) is 14.3. The maximum Gasteiger partial charge on any atom is 0.146 e. The Morgan fingerprint density at radius 2 is 1.79 bits per heavy atom. The first-order chi connectivity index (χ1) is 11.7. The first-order valence-corrected chi connectivity index (χ1v) is 8.80. The highest BCUT2D eigenvalue weighted by Gasteiger charge is 2.56. The van der Waals surface area contributed by atoms with Crippen molar-refractivity contribution in [3.63, 3.8) is 0 Å². The lowest BCUT2D eigenvalue weighted by atomic mass is 9.51. The number of hydrogen-bond donors (Lipinski definition) is 0. The summed E-state index contributed by atoms with van der Waals surface area (Å²) >= 11 is 0. The van der Waals surface area contributed by atoms with Crippen LogP contribution in [0.1, 0.15) is 24.0 Å². The van der Waals surface area contributed by atoms with E-state index in [4.69, 9.17) is 0 Å². The lowest BCUT2D eigenvalue weighted by molar-refractivity contribution is -0.105. The molecule has 4 atom stereocenters. The molecule has 120 valence electrons. The molecular formula is C22H21NO. The summed E-state index contributed by atoms with van der Waals surface area (Å²) < 4.78 is 0. The molecule has 1 heterocycles. The maximum atomic E-state index is 11.8. The van der Waals surface area contributed by atoms with E-state index in [0.717, 1.165) is 24.9 Å². The van der Waals surface area contributed by atoms with Crippen LogP contribution >= 0.6 is 0 Å². The molecule has 1 aliphatic heterocycles. The van der Waals surface area contributed by atoms with Gasteiger partial charge in [0.25, 0.3) is 0 Å². The van der Waals surface area contributed by atoms with E-state index in [2.05, 4.69) is 72.5 Å². The number of allylic oxidation sites excluding steroid dienone is 2. The molecule has 0 amide bonds. The summed E-state index contributed by atoms with van der Waals surface area (Å²) in [6.45, 7) is 4.43. The van der Waals surface area contributed by atoms with Crippen LogP contribution < -0.4 is 4.90 Å². The number of carbonyl (C=O) groups excluding carboxylic acids is 1. The SMILES string of the molecule is CC12C=C(C=O)[C@@H](c3ccccc31)[C@@H]1CN(c3ccccc3)CC12. The van der Waals surface area contributed by atoms with Crippen LogP contribution in [-0.4, -0.2) is 19.4 Å². The van der Waals surface area contributed by atoms with Gasteiger partial charge in [-0.1, -0.05) is 55.5 Å². The number of carbonyl (C=O) groups is 1. The first kappa shape index (κ1) is 14.0. The standard InChI is InChI=1S/C22H21NO/c1-22-11-15(14-24)21(17-9-5-6-10-19(17)22)18-12-23(13-20(18)22)16-7-3-2-4-8-16/h2-11,14,18,20-21H,12-13H2,1H3/t18-,20?,21+,22?/m1/s1. The highest BCUT2D eigenvalue weighted by atomic mass is 16.1. The fourth-order valence-corrected chi connectivity index (χ4v) is 5.49. The maximum absolute atomic E-state index is 11.8. The Morgan fingerprint density at radius 3 is 2.58 bits per heavy atom. The highest BCUT2D eigenvalue weighted by molar-refractivity contribution is 5.80.